The van der Waals surface area contributed by atoms with Crippen LogP contribution in [-0.4, -0.2) is 29.6 Å². The Hall–Kier alpha value is -3.56. The number of anilines is 2. The number of methoxy groups -OCH3 is 1. The largest absolute Gasteiger partial charge is 0.495 e. The normalized spacial score (nSPS) is 10.3. The summed E-state index contributed by atoms with van der Waals surface area (Å²) in [6.45, 7) is 0. The van der Waals surface area contributed by atoms with Crippen molar-refractivity contribution in [1.82, 2.24) is 0 Å². The van der Waals surface area contributed by atoms with Crippen LogP contribution in [0.5, 0.6) is 5.75 Å². The van der Waals surface area contributed by atoms with Crippen molar-refractivity contribution in [3.05, 3.63) is 87.4 Å². The first kappa shape index (κ1) is 23.1. The molecule has 32 heavy (non-hydrogen) atoms. The third-order valence-electron chi connectivity index (χ3n) is 4.26. The standard InChI is InChI=1S/C22H18ClN3O5S/c1-31-20-11-4-15(23)12-19(20)25-21(27)13-32-18-9-5-16(6-10-18)24-22(28)14-2-7-17(8-3-14)26(29)30/h2-12H,13H2,1H3,(H,24,28)(H,25,27). The van der Waals surface area contributed by atoms with Crippen LogP contribution in [0.25, 0.3) is 0 Å². The molecule has 3 aromatic rings. The Bertz CT molecular complexity index is 1140. The van der Waals surface area contributed by atoms with Crippen LogP contribution in [0.3, 0.4) is 0 Å². The van der Waals surface area contributed by atoms with E-state index < -0.39 is 4.92 Å². The SMILES string of the molecule is COc1ccc(Cl)cc1NC(=O)CSc1ccc(NC(=O)c2ccc([N+](=O)[O-])cc2)cc1. The van der Waals surface area contributed by atoms with E-state index in [0.29, 0.717) is 27.7 Å². The molecule has 0 aromatic heterocycles. The van der Waals surface area contributed by atoms with Crippen LogP contribution >= 0.6 is 23.4 Å². The van der Waals surface area contributed by atoms with Crippen LogP contribution in [0, 0.1) is 10.1 Å². The summed E-state index contributed by atoms with van der Waals surface area (Å²) in [6.07, 6.45) is 0. The molecule has 0 radical (unpaired) electrons. The molecular formula is C22H18ClN3O5S. The lowest BCUT2D eigenvalue weighted by Gasteiger charge is -2.10. The molecule has 10 heteroatoms. The van der Waals surface area contributed by atoms with E-state index in [-0.39, 0.29) is 23.3 Å². The number of non-ortho nitro benzene ring substituents is 1. The first-order valence-electron chi connectivity index (χ1n) is 9.28. The van der Waals surface area contributed by atoms with Gasteiger partial charge in [0.2, 0.25) is 5.91 Å². The van der Waals surface area contributed by atoms with Crippen LogP contribution in [0.15, 0.2) is 71.6 Å². The summed E-state index contributed by atoms with van der Waals surface area (Å²) >= 11 is 7.30. The Morgan fingerprint density at radius 2 is 1.72 bits per heavy atom. The van der Waals surface area contributed by atoms with Gasteiger partial charge in [-0.2, -0.15) is 0 Å². The molecular weight excluding hydrogens is 454 g/mol. The number of hydrogen-bond donors (Lipinski definition) is 2. The van der Waals surface area contributed by atoms with Crippen LogP contribution < -0.4 is 15.4 Å². The number of amides is 2. The maximum atomic E-state index is 12.3. The Balaban J connectivity index is 1.53. The van der Waals surface area contributed by atoms with Gasteiger partial charge in [-0.25, -0.2) is 0 Å². The summed E-state index contributed by atoms with van der Waals surface area (Å²) in [6, 6.07) is 17.3. The molecule has 0 aliphatic rings. The van der Waals surface area contributed by atoms with Gasteiger partial charge in [0, 0.05) is 33.3 Å². The fourth-order valence-electron chi connectivity index (χ4n) is 2.69. The number of nitrogens with zero attached hydrogens (tertiary/aromatic N) is 1. The Labute approximate surface area is 193 Å². The van der Waals surface area contributed by atoms with Gasteiger partial charge in [0.15, 0.2) is 0 Å². The molecule has 0 atom stereocenters. The predicted octanol–water partition coefficient (Wildman–Crippen LogP) is 5.24. The maximum absolute atomic E-state index is 12.3. The Kier molecular flexibility index (Phi) is 7.69. The highest BCUT2D eigenvalue weighted by Crippen LogP contribution is 2.28. The monoisotopic (exact) mass is 471 g/mol. The summed E-state index contributed by atoms with van der Waals surface area (Å²) in [5, 5.41) is 16.7. The van der Waals surface area contributed by atoms with Crippen LogP contribution in [0.4, 0.5) is 17.1 Å². The third kappa shape index (κ3) is 6.22. The minimum absolute atomic E-state index is 0.0826. The van der Waals surface area contributed by atoms with Gasteiger partial charge in [0.25, 0.3) is 11.6 Å². The lowest BCUT2D eigenvalue weighted by Crippen LogP contribution is -2.14. The summed E-state index contributed by atoms with van der Waals surface area (Å²) in [5.74, 6) is 0.0894. The molecule has 0 saturated carbocycles. The molecule has 164 valence electrons. The minimum Gasteiger partial charge on any atom is -0.495 e. The van der Waals surface area contributed by atoms with Crippen molar-refractivity contribution in [2.45, 2.75) is 4.90 Å². The number of nitro benzene ring substituents is 1. The van der Waals surface area contributed by atoms with E-state index >= 15 is 0 Å². The molecule has 0 aliphatic heterocycles. The summed E-state index contributed by atoms with van der Waals surface area (Å²) < 4.78 is 5.21. The van der Waals surface area contributed by atoms with E-state index in [4.69, 9.17) is 16.3 Å². The van der Waals surface area contributed by atoms with E-state index in [1.54, 1.807) is 42.5 Å². The number of hydrogen-bond acceptors (Lipinski definition) is 6. The number of rotatable bonds is 8. The molecule has 8 nitrogen and oxygen atoms in total. The van der Waals surface area contributed by atoms with Gasteiger partial charge in [0.05, 0.1) is 23.5 Å². The number of nitro groups is 1. The molecule has 0 aliphatic carbocycles. The lowest BCUT2D eigenvalue weighted by atomic mass is 10.2. The van der Waals surface area contributed by atoms with E-state index in [1.165, 1.54) is 43.1 Å². The topological polar surface area (TPSA) is 111 Å². The molecule has 3 rings (SSSR count). The molecule has 0 bridgehead atoms. The van der Waals surface area contributed by atoms with Crippen LogP contribution in [-0.2, 0) is 4.79 Å². The van der Waals surface area contributed by atoms with Gasteiger partial charge in [-0.05, 0) is 54.6 Å². The number of benzene rings is 3. The van der Waals surface area contributed by atoms with Crippen molar-refractivity contribution >= 4 is 52.2 Å². The second-order valence-corrected chi connectivity index (χ2v) is 7.95. The number of thioether (sulfide) groups is 1. The second-order valence-electron chi connectivity index (χ2n) is 6.46. The Morgan fingerprint density at radius 1 is 1.03 bits per heavy atom. The van der Waals surface area contributed by atoms with Gasteiger partial charge in [-0.1, -0.05) is 11.6 Å². The van der Waals surface area contributed by atoms with Gasteiger partial charge in [-0.15, -0.1) is 11.8 Å². The zero-order valence-electron chi connectivity index (χ0n) is 16.8. The van der Waals surface area contributed by atoms with E-state index in [2.05, 4.69) is 10.6 Å². The average Bonchev–Trinajstić information content (AvgIpc) is 2.79. The lowest BCUT2D eigenvalue weighted by molar-refractivity contribution is -0.384. The summed E-state index contributed by atoms with van der Waals surface area (Å²) in [5.41, 5.74) is 1.28. The van der Waals surface area contributed by atoms with Gasteiger partial charge in [-0.3, -0.25) is 19.7 Å². The van der Waals surface area contributed by atoms with E-state index in [0.717, 1.165) is 4.90 Å². The summed E-state index contributed by atoms with van der Waals surface area (Å²) in [7, 11) is 1.51. The quantitative estimate of drug-likeness (QED) is 0.264. The number of halogens is 1. The summed E-state index contributed by atoms with van der Waals surface area (Å²) in [4.78, 5) is 35.6. The third-order valence-corrected chi connectivity index (χ3v) is 5.51. The van der Waals surface area contributed by atoms with Crippen molar-refractivity contribution < 1.29 is 19.2 Å². The molecule has 2 amide bonds. The predicted molar refractivity (Wildman–Crippen MR) is 125 cm³/mol. The van der Waals surface area contributed by atoms with E-state index in [1.807, 2.05) is 0 Å². The van der Waals surface area contributed by atoms with Crippen LogP contribution in [0.2, 0.25) is 5.02 Å². The second kappa shape index (κ2) is 10.7. The van der Waals surface area contributed by atoms with Gasteiger partial charge in [0.1, 0.15) is 5.75 Å². The highest BCUT2D eigenvalue weighted by molar-refractivity contribution is 8.00. The molecule has 0 fully saturated rings. The first-order chi connectivity index (χ1) is 15.4. The highest BCUT2D eigenvalue weighted by atomic mass is 35.5. The van der Waals surface area contributed by atoms with Crippen molar-refractivity contribution in [3.8, 4) is 5.75 Å². The molecule has 3 aromatic carbocycles. The maximum Gasteiger partial charge on any atom is 0.269 e. The Morgan fingerprint density at radius 3 is 2.34 bits per heavy atom. The minimum atomic E-state index is -0.524. The fraction of sp³-hybridized carbons (Fsp3) is 0.0909. The van der Waals surface area contributed by atoms with E-state index in [9.17, 15) is 19.7 Å². The van der Waals surface area contributed by atoms with Crippen molar-refractivity contribution in [1.29, 1.82) is 0 Å². The molecule has 2 N–H and O–H groups in total. The molecule has 0 saturated heterocycles. The van der Waals surface area contributed by atoms with Crippen molar-refractivity contribution in [2.24, 2.45) is 0 Å². The number of carbonyl (C=O) groups is 2. The first-order valence-corrected chi connectivity index (χ1v) is 10.6. The molecule has 0 unspecified atom stereocenters. The number of ether oxygens (including phenoxy) is 1. The highest BCUT2D eigenvalue weighted by Gasteiger charge is 2.11. The molecule has 0 spiro atoms. The molecule has 0 heterocycles. The number of carbonyl (C=O) groups excluding carboxylic acids is 2. The fourth-order valence-corrected chi connectivity index (χ4v) is 3.56. The van der Waals surface area contributed by atoms with Gasteiger partial charge < -0.3 is 15.4 Å². The van der Waals surface area contributed by atoms with Crippen molar-refractivity contribution in [3.63, 3.8) is 0 Å². The van der Waals surface area contributed by atoms with Gasteiger partial charge >= 0.3 is 0 Å². The number of nitrogens with one attached hydrogen (secondary N) is 2. The zero-order valence-corrected chi connectivity index (χ0v) is 18.4. The zero-order chi connectivity index (χ0) is 23.1. The van der Waals surface area contributed by atoms with Crippen LogP contribution in [0.1, 0.15) is 10.4 Å². The average molecular weight is 472 g/mol. The van der Waals surface area contributed by atoms with Crippen molar-refractivity contribution in [2.75, 3.05) is 23.5 Å². The smallest absolute Gasteiger partial charge is 0.269 e.